The number of ether oxygens (including phenoxy) is 10. The summed E-state index contributed by atoms with van der Waals surface area (Å²) in [6, 6.07) is 19.0. The molecular weight excluding hydrogens is 1090 g/mol. The number of hydrogen-bond donors (Lipinski definition) is 2. The van der Waals surface area contributed by atoms with Crippen molar-refractivity contribution in [2.75, 3.05) is 52.9 Å². The van der Waals surface area contributed by atoms with Crippen LogP contribution < -0.4 is 0 Å². The molecule has 0 saturated carbocycles. The molecule has 0 aromatic heterocycles. The van der Waals surface area contributed by atoms with Gasteiger partial charge in [0.05, 0.1) is 97.0 Å². The minimum Gasteiger partial charge on any atom is -0.460 e. The van der Waals surface area contributed by atoms with Crippen LogP contribution >= 0.6 is 0 Å². The highest BCUT2D eigenvalue weighted by Crippen LogP contribution is 2.15. The molecule has 82 heavy (non-hydrogen) atoms. The number of hydrogen-bond acceptors (Lipinski definition) is 26. The van der Waals surface area contributed by atoms with E-state index in [4.69, 9.17) is 57.6 Å². The second-order valence-electron chi connectivity index (χ2n) is 16.7. The Morgan fingerprint density at radius 1 is 0.244 bits per heavy atom. The van der Waals surface area contributed by atoms with E-state index in [1.807, 2.05) is 0 Å². The van der Waals surface area contributed by atoms with Crippen molar-refractivity contribution in [1.82, 2.24) is 0 Å². The summed E-state index contributed by atoms with van der Waals surface area (Å²) in [5.41, 5.74) is -0.515. The summed E-state index contributed by atoms with van der Waals surface area (Å²) in [6.45, 7) is -0.105. The van der Waals surface area contributed by atoms with Crippen molar-refractivity contribution in [3.63, 3.8) is 0 Å². The molecule has 4 rings (SSSR count). The first-order valence-corrected chi connectivity index (χ1v) is 25.0. The van der Waals surface area contributed by atoms with Crippen molar-refractivity contribution in [3.8, 4) is 0 Å². The summed E-state index contributed by atoms with van der Waals surface area (Å²) in [5.74, 6) is -13.9. The van der Waals surface area contributed by atoms with E-state index < -0.39 is 96.4 Å². The first-order valence-electron chi connectivity index (χ1n) is 25.0. The maximum absolute atomic E-state index is 12.5. The van der Waals surface area contributed by atoms with Crippen LogP contribution in [0.15, 0.2) is 97.1 Å². The van der Waals surface area contributed by atoms with Crippen molar-refractivity contribution >= 4 is 83.6 Å². The number of carbonyl (C=O) groups excluding carboxylic acids is 14. The van der Waals surface area contributed by atoms with Crippen LogP contribution in [0.4, 0.5) is 0 Å². The standard InChI is InChI=1S/C56H54O26/c57-27-29-73-31-33-75-49(65)35-9-13-37(14-10-35)51(67)77-43(59)5-1-3-7-45(61)79-53(69)39-17-21-41(22-18-39)55(71)81-47(63)25-26-48(64)82-56(72)42-23-19-40(20-24-42)54(70)80-46(62)8-4-2-6-44(60)78-52(68)38-15-11-36(12-16-38)50(66)76-34-32-74-30-28-58/h9-24,57-58H,1-8,25-34H2. The zero-order valence-corrected chi connectivity index (χ0v) is 43.7. The van der Waals surface area contributed by atoms with Crippen molar-refractivity contribution in [1.29, 1.82) is 0 Å². The molecule has 0 aliphatic rings. The number of unbranched alkanes of at least 4 members (excludes halogenated alkanes) is 2. The lowest BCUT2D eigenvalue weighted by molar-refractivity contribution is -0.144. The van der Waals surface area contributed by atoms with E-state index in [0.29, 0.717) is 0 Å². The number of rotatable bonds is 31. The van der Waals surface area contributed by atoms with Gasteiger partial charge in [0.25, 0.3) is 0 Å². The lowest BCUT2D eigenvalue weighted by atomic mass is 10.1. The van der Waals surface area contributed by atoms with E-state index in [0.717, 1.165) is 48.5 Å². The quantitative estimate of drug-likeness (QED) is 0.0310. The summed E-state index contributed by atoms with van der Waals surface area (Å²) in [7, 11) is 0. The van der Waals surface area contributed by atoms with Gasteiger partial charge >= 0.3 is 83.6 Å². The molecule has 26 heteroatoms. The molecule has 26 nitrogen and oxygen atoms in total. The molecular formula is C56H54O26. The van der Waals surface area contributed by atoms with E-state index in [1.54, 1.807) is 0 Å². The first kappa shape index (κ1) is 65.0. The van der Waals surface area contributed by atoms with Crippen LogP contribution in [0.3, 0.4) is 0 Å². The predicted molar refractivity (Wildman–Crippen MR) is 271 cm³/mol. The van der Waals surface area contributed by atoms with Gasteiger partial charge in [0.15, 0.2) is 0 Å². The molecule has 0 saturated heterocycles. The molecule has 4 aromatic rings. The SMILES string of the molecule is O=C(CCCCC(=O)OC(=O)c1ccc(C(=O)OC(=O)CCC(=O)OC(=O)c2ccc(C(=O)OC(=O)CCCCC(=O)OC(=O)c3ccc(C(=O)OCCOCCO)cc3)cc2)cc1)OC(=O)c1ccc(C(=O)OCCOCCO)cc1. The zero-order chi connectivity index (χ0) is 59.8. The monoisotopic (exact) mass is 1140 g/mol. The molecule has 0 fully saturated rings. The van der Waals surface area contributed by atoms with Crippen LogP contribution in [0.5, 0.6) is 0 Å². The normalized spacial score (nSPS) is 10.5. The van der Waals surface area contributed by atoms with Crippen LogP contribution in [-0.2, 0) is 76.1 Å². The third-order valence-electron chi connectivity index (χ3n) is 10.6. The van der Waals surface area contributed by atoms with Crippen molar-refractivity contribution < 1.29 is 125 Å². The van der Waals surface area contributed by atoms with Gasteiger partial charge in [-0.2, -0.15) is 0 Å². The van der Waals surface area contributed by atoms with Crippen molar-refractivity contribution in [2.45, 2.75) is 64.2 Å². The van der Waals surface area contributed by atoms with Gasteiger partial charge in [-0.1, -0.05) is 0 Å². The highest BCUT2D eigenvalue weighted by atomic mass is 16.6. The van der Waals surface area contributed by atoms with Crippen molar-refractivity contribution in [3.05, 3.63) is 142 Å². The third kappa shape index (κ3) is 23.8. The summed E-state index contributed by atoms with van der Waals surface area (Å²) in [5, 5.41) is 17.4. The molecule has 0 aliphatic heterocycles. The van der Waals surface area contributed by atoms with Gasteiger partial charge in [0.2, 0.25) is 0 Å². The Labute approximate surface area is 465 Å². The number of aliphatic hydroxyl groups is 2. The van der Waals surface area contributed by atoms with Crippen LogP contribution in [0, 0.1) is 0 Å². The van der Waals surface area contributed by atoms with Crippen molar-refractivity contribution in [2.24, 2.45) is 0 Å². The van der Waals surface area contributed by atoms with E-state index in [-0.39, 0.29) is 149 Å². The first-order chi connectivity index (χ1) is 39.4. The lowest BCUT2D eigenvalue weighted by Gasteiger charge is -2.07. The fourth-order valence-corrected chi connectivity index (χ4v) is 6.42. The Hall–Kier alpha value is -9.50. The second kappa shape index (κ2) is 35.2. The van der Waals surface area contributed by atoms with Gasteiger partial charge in [-0.05, 0) is 123 Å². The Kier molecular flexibility index (Phi) is 27.9. The lowest BCUT2D eigenvalue weighted by Crippen LogP contribution is -2.17. The summed E-state index contributed by atoms with van der Waals surface area (Å²) in [4.78, 5) is 172. The van der Waals surface area contributed by atoms with E-state index >= 15 is 0 Å². The fourth-order valence-electron chi connectivity index (χ4n) is 6.42. The number of benzene rings is 4. The molecule has 0 unspecified atom stereocenters. The number of aliphatic hydroxyl groups excluding tert-OH is 2. The zero-order valence-electron chi connectivity index (χ0n) is 43.7. The third-order valence-corrected chi connectivity index (χ3v) is 10.6. The fraction of sp³-hybridized carbons (Fsp3) is 0.321. The molecule has 0 spiro atoms. The molecule has 0 atom stereocenters. The Bertz CT molecular complexity index is 2720. The summed E-state index contributed by atoms with van der Waals surface area (Å²) in [6.07, 6.45) is -2.17. The Morgan fingerprint density at radius 2 is 0.427 bits per heavy atom. The highest BCUT2D eigenvalue weighted by molar-refractivity contribution is 6.03. The van der Waals surface area contributed by atoms with Gasteiger partial charge in [0, 0.05) is 25.7 Å². The number of carbonyl (C=O) groups is 14. The van der Waals surface area contributed by atoms with Crippen LogP contribution in [0.25, 0.3) is 0 Å². The molecule has 4 aromatic carbocycles. The minimum atomic E-state index is -1.18. The molecule has 0 bridgehead atoms. The van der Waals surface area contributed by atoms with Gasteiger partial charge in [-0.3, -0.25) is 28.8 Å². The number of esters is 14. The van der Waals surface area contributed by atoms with Crippen LogP contribution in [0.1, 0.15) is 147 Å². The average Bonchev–Trinajstić information content (AvgIpc) is 3.54. The maximum Gasteiger partial charge on any atom is 0.345 e. The minimum absolute atomic E-state index is 0.0198. The summed E-state index contributed by atoms with van der Waals surface area (Å²) < 4.78 is 48.6. The summed E-state index contributed by atoms with van der Waals surface area (Å²) >= 11 is 0. The second-order valence-corrected chi connectivity index (χ2v) is 16.7. The molecule has 2 N–H and O–H groups in total. The Morgan fingerprint density at radius 3 is 0.622 bits per heavy atom. The van der Waals surface area contributed by atoms with Gasteiger partial charge in [0.1, 0.15) is 13.2 Å². The van der Waals surface area contributed by atoms with Gasteiger partial charge in [-0.25, -0.2) is 38.4 Å². The van der Waals surface area contributed by atoms with Crippen LogP contribution in [0.2, 0.25) is 0 Å². The topological polar surface area (TPSA) is 372 Å². The molecule has 434 valence electrons. The molecule has 0 amide bonds. The highest BCUT2D eigenvalue weighted by Gasteiger charge is 2.22. The molecule has 0 aliphatic carbocycles. The van der Waals surface area contributed by atoms with Gasteiger partial charge in [-0.15, -0.1) is 0 Å². The smallest absolute Gasteiger partial charge is 0.345 e. The molecule has 0 radical (unpaired) electrons. The average molecular weight is 1140 g/mol. The Balaban J connectivity index is 1.05. The maximum atomic E-state index is 12.5. The van der Waals surface area contributed by atoms with E-state index in [2.05, 4.69) is 0 Å². The molecule has 0 heterocycles. The van der Waals surface area contributed by atoms with Gasteiger partial charge < -0.3 is 57.6 Å². The van der Waals surface area contributed by atoms with E-state index in [1.165, 1.54) is 48.5 Å². The van der Waals surface area contributed by atoms with E-state index in [9.17, 15) is 67.1 Å². The largest absolute Gasteiger partial charge is 0.460 e. The van der Waals surface area contributed by atoms with Crippen LogP contribution in [-0.4, -0.2) is 147 Å². The predicted octanol–water partition coefficient (Wildman–Crippen LogP) is 4.12.